The summed E-state index contributed by atoms with van der Waals surface area (Å²) in [6, 6.07) is 7.86. The van der Waals surface area contributed by atoms with Crippen LogP contribution in [0.1, 0.15) is 41.4 Å². The van der Waals surface area contributed by atoms with Crippen LogP contribution < -0.4 is 5.32 Å². The van der Waals surface area contributed by atoms with Crippen LogP contribution in [0.4, 0.5) is 22.4 Å². The minimum atomic E-state index is -4.55. The summed E-state index contributed by atoms with van der Waals surface area (Å²) < 4.78 is 58.6. The van der Waals surface area contributed by atoms with Crippen molar-refractivity contribution in [3.8, 4) is 0 Å². The number of urea groups is 1. The molecule has 224 valence electrons. The molecule has 0 radical (unpaired) electrons. The van der Waals surface area contributed by atoms with E-state index in [0.717, 1.165) is 12.1 Å². The highest BCUT2D eigenvalue weighted by Gasteiger charge is 2.40. The molecule has 2 unspecified atom stereocenters. The molecular formula is C30H32F4N4O4. The molecule has 0 bridgehead atoms. The van der Waals surface area contributed by atoms with Crippen molar-refractivity contribution in [2.24, 2.45) is 0 Å². The molecule has 3 amide bonds. The maximum atomic E-state index is 13.7. The van der Waals surface area contributed by atoms with E-state index in [-0.39, 0.29) is 48.3 Å². The summed E-state index contributed by atoms with van der Waals surface area (Å²) in [6.07, 6.45) is -3.05. The monoisotopic (exact) mass is 588 g/mol. The van der Waals surface area contributed by atoms with E-state index in [1.165, 1.54) is 41.3 Å². The van der Waals surface area contributed by atoms with Crippen molar-refractivity contribution in [1.82, 2.24) is 20.0 Å². The average molecular weight is 589 g/mol. The molecule has 2 heterocycles. The van der Waals surface area contributed by atoms with Crippen molar-refractivity contribution in [3.63, 3.8) is 0 Å². The first-order valence-corrected chi connectivity index (χ1v) is 13.5. The van der Waals surface area contributed by atoms with Gasteiger partial charge < -0.3 is 15.0 Å². The summed E-state index contributed by atoms with van der Waals surface area (Å²) in [5, 5.41) is 2.73. The number of carbonyl (C=O) groups is 3. The van der Waals surface area contributed by atoms with Gasteiger partial charge in [0.25, 0.3) is 5.91 Å². The highest BCUT2D eigenvalue weighted by atomic mass is 19.4. The number of esters is 1. The fourth-order valence-electron chi connectivity index (χ4n) is 5.24. The zero-order valence-corrected chi connectivity index (χ0v) is 23.3. The van der Waals surface area contributed by atoms with Crippen LogP contribution in [0.2, 0.25) is 0 Å². The van der Waals surface area contributed by atoms with Gasteiger partial charge in [0.2, 0.25) is 0 Å². The van der Waals surface area contributed by atoms with Crippen LogP contribution in [-0.4, -0.2) is 78.0 Å². The predicted molar refractivity (Wildman–Crippen MR) is 147 cm³/mol. The zero-order chi connectivity index (χ0) is 30.6. The highest BCUT2D eigenvalue weighted by molar-refractivity contribution is 5.95. The predicted octanol–water partition coefficient (Wildman–Crippen LogP) is 4.76. The van der Waals surface area contributed by atoms with Gasteiger partial charge in [-0.2, -0.15) is 13.2 Å². The third-order valence-corrected chi connectivity index (χ3v) is 7.23. The molecule has 0 saturated carbocycles. The van der Waals surface area contributed by atoms with Crippen molar-refractivity contribution in [3.05, 3.63) is 95.0 Å². The SMILES string of the molecule is C=CCN1C(=O)NC(c2ccc(C(F)(F)F)cc2)C(C(=O)OCC)=C1CN1CCN(C(=O)c2cccc(F)c2)C(C)C1. The summed E-state index contributed by atoms with van der Waals surface area (Å²) in [4.78, 5) is 44.6. The molecule has 1 fully saturated rings. The summed E-state index contributed by atoms with van der Waals surface area (Å²) in [5.41, 5.74) is 0.100. The number of alkyl halides is 3. The van der Waals surface area contributed by atoms with E-state index < -0.39 is 35.6 Å². The number of piperazine rings is 1. The number of benzene rings is 2. The molecule has 0 aliphatic carbocycles. The largest absolute Gasteiger partial charge is 0.463 e. The number of ether oxygens (including phenoxy) is 1. The Morgan fingerprint density at radius 3 is 2.45 bits per heavy atom. The van der Waals surface area contributed by atoms with E-state index in [9.17, 15) is 31.9 Å². The van der Waals surface area contributed by atoms with Crippen molar-refractivity contribution < 1.29 is 36.7 Å². The number of halogens is 4. The Labute approximate surface area is 241 Å². The van der Waals surface area contributed by atoms with Crippen molar-refractivity contribution in [2.45, 2.75) is 32.1 Å². The molecule has 8 nitrogen and oxygen atoms in total. The van der Waals surface area contributed by atoms with Gasteiger partial charge in [-0.3, -0.25) is 14.6 Å². The van der Waals surface area contributed by atoms with Gasteiger partial charge in [0, 0.05) is 50.0 Å². The lowest BCUT2D eigenvalue weighted by Crippen LogP contribution is -2.56. The van der Waals surface area contributed by atoms with Crippen LogP contribution in [0.25, 0.3) is 0 Å². The maximum absolute atomic E-state index is 13.7. The number of nitrogens with one attached hydrogen (secondary N) is 1. The molecule has 42 heavy (non-hydrogen) atoms. The topological polar surface area (TPSA) is 82.2 Å². The summed E-state index contributed by atoms with van der Waals surface area (Å²) in [5.74, 6) is -1.52. The Hall–Kier alpha value is -4.19. The number of rotatable bonds is 8. The fraction of sp³-hybridized carbons (Fsp3) is 0.367. The Morgan fingerprint density at radius 1 is 1.14 bits per heavy atom. The molecule has 1 N–H and O–H groups in total. The lowest BCUT2D eigenvalue weighted by molar-refractivity contribution is -0.139. The van der Waals surface area contributed by atoms with Gasteiger partial charge in [-0.25, -0.2) is 14.0 Å². The minimum absolute atomic E-state index is 0.0443. The standard InChI is InChI=1S/C30H32F4N4O4/c1-4-13-38-24(18-36-14-15-37(19(3)17-36)27(39)21-7-6-8-23(31)16-21)25(28(40)42-5-2)26(35-29(38)41)20-9-11-22(12-10-20)30(32,33)34/h4,6-12,16,19,26H,1,5,13-15,17-18H2,2-3H3,(H,35,41). The smallest absolute Gasteiger partial charge is 0.416 e. The molecule has 2 aromatic rings. The number of hydrogen-bond acceptors (Lipinski definition) is 5. The second-order valence-corrected chi connectivity index (χ2v) is 10.1. The van der Waals surface area contributed by atoms with E-state index in [4.69, 9.17) is 4.74 Å². The average Bonchev–Trinajstić information content (AvgIpc) is 2.94. The summed E-state index contributed by atoms with van der Waals surface area (Å²) in [6.45, 7) is 8.51. The van der Waals surface area contributed by atoms with Gasteiger partial charge in [-0.1, -0.05) is 24.3 Å². The number of carbonyl (C=O) groups excluding carboxylic acids is 3. The molecule has 4 rings (SSSR count). The van der Waals surface area contributed by atoms with Crippen molar-refractivity contribution in [1.29, 1.82) is 0 Å². The Balaban J connectivity index is 1.66. The molecule has 2 aromatic carbocycles. The molecule has 0 aromatic heterocycles. The number of amides is 3. The third-order valence-electron chi connectivity index (χ3n) is 7.23. The lowest BCUT2D eigenvalue weighted by Gasteiger charge is -2.43. The Kier molecular flexibility index (Phi) is 9.35. The van der Waals surface area contributed by atoms with Crippen LogP contribution in [0, 0.1) is 5.82 Å². The molecular weight excluding hydrogens is 556 g/mol. The van der Waals surface area contributed by atoms with Gasteiger partial charge in [0.1, 0.15) is 5.82 Å². The Morgan fingerprint density at radius 2 is 1.86 bits per heavy atom. The molecule has 1 saturated heterocycles. The second-order valence-electron chi connectivity index (χ2n) is 10.1. The van der Waals surface area contributed by atoms with Crippen molar-refractivity contribution in [2.75, 3.05) is 39.3 Å². The van der Waals surface area contributed by atoms with Gasteiger partial charge in [-0.05, 0) is 49.7 Å². The minimum Gasteiger partial charge on any atom is -0.463 e. The van der Waals surface area contributed by atoms with Crippen LogP contribution in [0.15, 0.2) is 72.5 Å². The molecule has 2 aliphatic heterocycles. The van der Waals surface area contributed by atoms with Crippen LogP contribution in [0.5, 0.6) is 0 Å². The first-order valence-electron chi connectivity index (χ1n) is 13.5. The van der Waals surface area contributed by atoms with E-state index >= 15 is 0 Å². The summed E-state index contributed by atoms with van der Waals surface area (Å²) in [7, 11) is 0. The number of hydrogen-bond donors (Lipinski definition) is 1. The van der Waals surface area contributed by atoms with Gasteiger partial charge in [-0.15, -0.1) is 6.58 Å². The van der Waals surface area contributed by atoms with E-state index in [1.807, 2.05) is 11.8 Å². The van der Waals surface area contributed by atoms with Crippen LogP contribution in [-0.2, 0) is 15.7 Å². The first-order chi connectivity index (χ1) is 19.9. The molecule has 2 atom stereocenters. The van der Waals surface area contributed by atoms with Crippen LogP contribution in [0.3, 0.4) is 0 Å². The van der Waals surface area contributed by atoms with E-state index in [2.05, 4.69) is 11.9 Å². The quantitative estimate of drug-likeness (QED) is 0.273. The summed E-state index contributed by atoms with van der Waals surface area (Å²) >= 11 is 0. The van der Waals surface area contributed by atoms with E-state index in [0.29, 0.717) is 25.3 Å². The fourth-order valence-corrected chi connectivity index (χ4v) is 5.24. The Bertz CT molecular complexity index is 1380. The molecule has 0 spiro atoms. The van der Waals surface area contributed by atoms with Crippen molar-refractivity contribution >= 4 is 17.9 Å². The zero-order valence-electron chi connectivity index (χ0n) is 23.3. The van der Waals surface area contributed by atoms with Gasteiger partial charge in [0.15, 0.2) is 0 Å². The number of nitrogens with zero attached hydrogens (tertiary/aromatic N) is 3. The maximum Gasteiger partial charge on any atom is 0.416 e. The first kappa shape index (κ1) is 30.8. The van der Waals surface area contributed by atoms with Crippen LogP contribution >= 0.6 is 0 Å². The normalized spacial score (nSPS) is 19.9. The van der Waals surface area contributed by atoms with Gasteiger partial charge in [0.05, 0.1) is 23.8 Å². The second kappa shape index (κ2) is 12.8. The molecule has 2 aliphatic rings. The lowest BCUT2D eigenvalue weighted by atomic mass is 9.93. The highest BCUT2D eigenvalue weighted by Crippen LogP contribution is 2.35. The van der Waals surface area contributed by atoms with Gasteiger partial charge >= 0.3 is 18.2 Å². The third kappa shape index (κ3) is 6.64. The molecule has 12 heteroatoms. The van der Waals surface area contributed by atoms with E-state index in [1.54, 1.807) is 17.9 Å².